The number of hydrogen-bond donors (Lipinski definition) is 1. The second-order valence-electron chi connectivity index (χ2n) is 3.82. The van der Waals surface area contributed by atoms with Crippen LogP contribution in [0.5, 0.6) is 0 Å². The lowest BCUT2D eigenvalue weighted by molar-refractivity contribution is 0.156. The van der Waals surface area contributed by atoms with Crippen molar-refractivity contribution in [1.29, 1.82) is 0 Å². The van der Waals surface area contributed by atoms with Gasteiger partial charge in [-0.15, -0.1) is 0 Å². The van der Waals surface area contributed by atoms with Gasteiger partial charge < -0.3 is 10.2 Å². The van der Waals surface area contributed by atoms with Gasteiger partial charge in [0.2, 0.25) is 0 Å². The van der Waals surface area contributed by atoms with E-state index in [0.717, 1.165) is 24.2 Å². The second-order valence-corrected chi connectivity index (χ2v) is 3.82. The highest BCUT2D eigenvalue weighted by atomic mass is 19.3. The number of aromatic nitrogens is 2. The van der Waals surface area contributed by atoms with Crippen LogP contribution in [0.25, 0.3) is 0 Å². The summed E-state index contributed by atoms with van der Waals surface area (Å²) in [4.78, 5) is 9.75. The first-order valence-corrected chi connectivity index (χ1v) is 5.21. The van der Waals surface area contributed by atoms with Crippen molar-refractivity contribution in [3.63, 3.8) is 0 Å². The molecule has 1 aromatic heterocycles. The predicted molar refractivity (Wildman–Crippen MR) is 56.7 cm³/mol. The maximum Gasteiger partial charge on any atom is 0.255 e. The van der Waals surface area contributed by atoms with Gasteiger partial charge in [0.05, 0.1) is 12.2 Å². The zero-order valence-corrected chi connectivity index (χ0v) is 9.08. The van der Waals surface area contributed by atoms with Gasteiger partial charge in [0.25, 0.3) is 6.43 Å². The molecule has 0 aromatic carbocycles. The third-order valence-corrected chi connectivity index (χ3v) is 2.63. The van der Waals surface area contributed by atoms with Gasteiger partial charge in [0.1, 0.15) is 12.1 Å². The Bertz CT molecular complexity index is 370. The molecule has 0 amide bonds. The van der Waals surface area contributed by atoms with E-state index in [1.807, 2.05) is 0 Å². The Morgan fingerprint density at radius 2 is 2.31 bits per heavy atom. The zero-order chi connectivity index (χ0) is 11.5. The summed E-state index contributed by atoms with van der Waals surface area (Å²) >= 11 is 0. The molecule has 0 aliphatic carbocycles. The van der Waals surface area contributed by atoms with Gasteiger partial charge in [-0.05, 0) is 0 Å². The quantitative estimate of drug-likeness (QED) is 0.831. The van der Waals surface area contributed by atoms with Crippen molar-refractivity contribution in [2.75, 3.05) is 25.0 Å². The molecule has 0 atom stereocenters. The molecule has 2 rings (SSSR count). The maximum absolute atomic E-state index is 12.3. The lowest BCUT2D eigenvalue weighted by Gasteiger charge is -2.24. The van der Waals surface area contributed by atoms with Gasteiger partial charge >= 0.3 is 0 Å². The predicted octanol–water partition coefficient (Wildman–Crippen LogP) is 0.824. The molecule has 2 heterocycles. The van der Waals surface area contributed by atoms with Gasteiger partial charge in [-0.3, -0.25) is 0 Å². The van der Waals surface area contributed by atoms with E-state index >= 15 is 0 Å². The molecule has 4 nitrogen and oxygen atoms in total. The summed E-state index contributed by atoms with van der Waals surface area (Å²) in [6.45, 7) is 1.23. The molecule has 1 aromatic rings. The molecular weight excluding hydrogens is 214 g/mol. The Hall–Kier alpha value is -1.30. The number of fused-ring (bicyclic) bond motifs is 1. The molecule has 0 radical (unpaired) electrons. The fourth-order valence-corrected chi connectivity index (χ4v) is 1.88. The molecule has 6 heteroatoms. The molecule has 0 fully saturated rings. The summed E-state index contributed by atoms with van der Waals surface area (Å²) in [5.74, 6) is 0.609. The van der Waals surface area contributed by atoms with Crippen molar-refractivity contribution >= 4 is 5.82 Å². The lowest BCUT2D eigenvalue weighted by atomic mass is 10.1. The Labute approximate surface area is 92.7 Å². The van der Waals surface area contributed by atoms with Crippen LogP contribution in [0, 0.1) is 0 Å². The van der Waals surface area contributed by atoms with Gasteiger partial charge in [0, 0.05) is 32.1 Å². The molecule has 1 aliphatic heterocycles. The van der Waals surface area contributed by atoms with Gasteiger partial charge in [0.15, 0.2) is 0 Å². The van der Waals surface area contributed by atoms with E-state index in [0.29, 0.717) is 12.4 Å². The minimum Gasteiger partial charge on any atom is -0.354 e. The number of nitrogens with one attached hydrogen (secondary N) is 1. The van der Waals surface area contributed by atoms with E-state index in [1.165, 1.54) is 11.2 Å². The van der Waals surface area contributed by atoms with Gasteiger partial charge in [-0.2, -0.15) is 0 Å². The minimum absolute atomic E-state index is 0.302. The van der Waals surface area contributed by atoms with Crippen LogP contribution in [0.2, 0.25) is 0 Å². The van der Waals surface area contributed by atoms with Crippen molar-refractivity contribution in [3.8, 4) is 0 Å². The fourth-order valence-electron chi connectivity index (χ4n) is 1.88. The molecule has 0 spiro atoms. The van der Waals surface area contributed by atoms with Crippen LogP contribution in [0.15, 0.2) is 6.33 Å². The fraction of sp³-hybridized carbons (Fsp3) is 0.600. The highest BCUT2D eigenvalue weighted by Crippen LogP contribution is 2.21. The molecule has 0 unspecified atom stereocenters. The van der Waals surface area contributed by atoms with Gasteiger partial charge in [-0.25, -0.2) is 18.7 Å². The monoisotopic (exact) mass is 228 g/mol. The van der Waals surface area contributed by atoms with Crippen LogP contribution in [0.4, 0.5) is 14.6 Å². The number of rotatable bonds is 3. The normalized spacial score (nSPS) is 15.0. The van der Waals surface area contributed by atoms with Crippen LogP contribution in [-0.4, -0.2) is 36.5 Å². The van der Waals surface area contributed by atoms with E-state index < -0.39 is 6.43 Å². The molecule has 0 saturated carbocycles. The van der Waals surface area contributed by atoms with Gasteiger partial charge in [-0.1, -0.05) is 0 Å². The second kappa shape index (κ2) is 4.69. The van der Waals surface area contributed by atoms with Crippen LogP contribution < -0.4 is 10.2 Å². The number of halogens is 2. The standard InChI is InChI=1S/C10H14F2N4/c1-16(5-9(11)12)10-7-4-13-3-2-8(7)14-6-15-10/h6,9,13H,2-5H2,1H3. The van der Waals surface area contributed by atoms with Crippen molar-refractivity contribution in [2.45, 2.75) is 19.4 Å². The number of hydrogen-bond acceptors (Lipinski definition) is 4. The first-order chi connectivity index (χ1) is 7.68. The largest absolute Gasteiger partial charge is 0.354 e. The first kappa shape index (κ1) is 11.2. The third kappa shape index (κ3) is 2.27. The van der Waals surface area contributed by atoms with Crippen LogP contribution >= 0.6 is 0 Å². The van der Waals surface area contributed by atoms with E-state index in [-0.39, 0.29) is 6.54 Å². The van der Waals surface area contributed by atoms with Crippen molar-refractivity contribution < 1.29 is 8.78 Å². The van der Waals surface area contributed by atoms with E-state index in [9.17, 15) is 8.78 Å². The first-order valence-electron chi connectivity index (χ1n) is 5.21. The molecule has 1 N–H and O–H groups in total. The summed E-state index contributed by atoms with van der Waals surface area (Å²) in [6, 6.07) is 0. The summed E-state index contributed by atoms with van der Waals surface area (Å²) in [7, 11) is 1.63. The summed E-state index contributed by atoms with van der Waals surface area (Å²) in [5.41, 5.74) is 1.90. The molecular formula is C10H14F2N4. The highest BCUT2D eigenvalue weighted by Gasteiger charge is 2.19. The van der Waals surface area contributed by atoms with E-state index in [4.69, 9.17) is 0 Å². The Balaban J connectivity index is 2.26. The lowest BCUT2D eigenvalue weighted by Crippen LogP contribution is -2.31. The SMILES string of the molecule is CN(CC(F)F)c1ncnc2c1CNCC2. The highest BCUT2D eigenvalue weighted by molar-refractivity contribution is 5.48. The Kier molecular flexibility index (Phi) is 3.28. The summed E-state index contributed by atoms with van der Waals surface area (Å²) in [6.07, 6.45) is -0.0818. The summed E-state index contributed by atoms with van der Waals surface area (Å²) in [5, 5.41) is 3.20. The number of alkyl halides is 2. The van der Waals surface area contributed by atoms with Crippen LogP contribution in [-0.2, 0) is 13.0 Å². The molecule has 1 aliphatic rings. The smallest absolute Gasteiger partial charge is 0.255 e. The van der Waals surface area contributed by atoms with Crippen molar-refractivity contribution in [1.82, 2.24) is 15.3 Å². The Morgan fingerprint density at radius 1 is 1.50 bits per heavy atom. The van der Waals surface area contributed by atoms with E-state index in [1.54, 1.807) is 7.05 Å². The zero-order valence-electron chi connectivity index (χ0n) is 9.08. The molecule has 16 heavy (non-hydrogen) atoms. The number of nitrogens with zero attached hydrogens (tertiary/aromatic N) is 3. The minimum atomic E-state index is -2.35. The van der Waals surface area contributed by atoms with Crippen LogP contribution in [0.1, 0.15) is 11.3 Å². The third-order valence-electron chi connectivity index (χ3n) is 2.63. The van der Waals surface area contributed by atoms with Crippen LogP contribution in [0.3, 0.4) is 0 Å². The maximum atomic E-state index is 12.3. The summed E-state index contributed by atoms with van der Waals surface area (Å²) < 4.78 is 24.6. The molecule has 0 saturated heterocycles. The average Bonchev–Trinajstić information content (AvgIpc) is 2.27. The van der Waals surface area contributed by atoms with E-state index in [2.05, 4.69) is 15.3 Å². The molecule has 0 bridgehead atoms. The Morgan fingerprint density at radius 3 is 3.06 bits per heavy atom. The molecule has 88 valence electrons. The average molecular weight is 228 g/mol. The van der Waals surface area contributed by atoms with Crippen molar-refractivity contribution in [3.05, 3.63) is 17.6 Å². The topological polar surface area (TPSA) is 41.1 Å². The van der Waals surface area contributed by atoms with Crippen molar-refractivity contribution in [2.24, 2.45) is 0 Å². The number of anilines is 1.